The van der Waals surface area contributed by atoms with E-state index in [1.807, 2.05) is 30.3 Å². The third-order valence-electron chi connectivity index (χ3n) is 7.46. The van der Waals surface area contributed by atoms with Gasteiger partial charge in [-0.05, 0) is 70.6 Å². The summed E-state index contributed by atoms with van der Waals surface area (Å²) in [7, 11) is 5.02. The van der Waals surface area contributed by atoms with Crippen LogP contribution in [0.1, 0.15) is 16.7 Å². The number of methoxy groups -OCH3 is 3. The lowest BCUT2D eigenvalue weighted by Crippen LogP contribution is -2.32. The van der Waals surface area contributed by atoms with Crippen molar-refractivity contribution in [1.82, 2.24) is 15.1 Å². The predicted octanol–water partition coefficient (Wildman–Crippen LogP) is 6.18. The van der Waals surface area contributed by atoms with Crippen molar-refractivity contribution in [3.8, 4) is 40.2 Å². The van der Waals surface area contributed by atoms with Crippen molar-refractivity contribution in [3.63, 3.8) is 0 Å². The van der Waals surface area contributed by atoms with Crippen LogP contribution in [0.4, 0.5) is 0 Å². The van der Waals surface area contributed by atoms with Crippen molar-refractivity contribution in [1.29, 1.82) is 0 Å². The second-order valence-corrected chi connectivity index (χ2v) is 9.73. The lowest BCUT2D eigenvalue weighted by molar-refractivity contribution is 0.255. The standard InChI is InChI=1S/C32H31N3O4/c1-36-27-13-12-22-6-4-5-7-26(22)30(27)32-34-33-31(39-32)23-10-8-21(9-11-23)14-16-35-17-15-24-18-28(37-2)29(38-3)19-25(24)20-35/h4-13,18-19H,14-17,20H2,1-3H3. The minimum atomic E-state index is 0.447. The van der Waals surface area contributed by atoms with Crippen molar-refractivity contribution in [2.24, 2.45) is 0 Å². The largest absolute Gasteiger partial charge is 0.496 e. The van der Waals surface area contributed by atoms with Crippen LogP contribution in [0, 0.1) is 0 Å². The first kappa shape index (κ1) is 24.9. The molecule has 1 aromatic heterocycles. The molecule has 1 aliphatic rings. The molecule has 6 rings (SSSR count). The molecule has 39 heavy (non-hydrogen) atoms. The quantitative estimate of drug-likeness (QED) is 0.241. The number of nitrogens with zero attached hydrogens (tertiary/aromatic N) is 3. The van der Waals surface area contributed by atoms with Crippen LogP contribution in [0.3, 0.4) is 0 Å². The van der Waals surface area contributed by atoms with Gasteiger partial charge in [-0.25, -0.2) is 0 Å². The third-order valence-corrected chi connectivity index (χ3v) is 7.46. The minimum Gasteiger partial charge on any atom is -0.496 e. The molecular formula is C32H31N3O4. The number of hydrogen-bond acceptors (Lipinski definition) is 7. The molecule has 0 unspecified atom stereocenters. The van der Waals surface area contributed by atoms with Gasteiger partial charge in [0.25, 0.3) is 5.89 Å². The van der Waals surface area contributed by atoms with Gasteiger partial charge in [-0.3, -0.25) is 4.90 Å². The summed E-state index contributed by atoms with van der Waals surface area (Å²) >= 11 is 0. The Kier molecular flexibility index (Phi) is 6.90. The van der Waals surface area contributed by atoms with E-state index < -0.39 is 0 Å². The molecule has 0 saturated carbocycles. The highest BCUT2D eigenvalue weighted by atomic mass is 16.5. The normalized spacial score (nSPS) is 13.3. The molecule has 0 fully saturated rings. The van der Waals surface area contributed by atoms with Gasteiger partial charge in [0.15, 0.2) is 11.5 Å². The maximum Gasteiger partial charge on any atom is 0.252 e. The van der Waals surface area contributed by atoms with Gasteiger partial charge in [0.05, 0.1) is 26.9 Å². The Bertz CT molecular complexity index is 1610. The highest BCUT2D eigenvalue weighted by Crippen LogP contribution is 2.37. The number of ether oxygens (including phenoxy) is 3. The Morgan fingerprint density at radius 2 is 1.49 bits per heavy atom. The van der Waals surface area contributed by atoms with Crippen molar-refractivity contribution in [3.05, 3.63) is 89.5 Å². The lowest BCUT2D eigenvalue weighted by atomic mass is 9.98. The van der Waals surface area contributed by atoms with Crippen LogP contribution >= 0.6 is 0 Å². The molecule has 0 N–H and O–H groups in total. The van der Waals surface area contributed by atoms with E-state index in [4.69, 9.17) is 18.6 Å². The zero-order chi connectivity index (χ0) is 26.8. The van der Waals surface area contributed by atoms with Gasteiger partial charge >= 0.3 is 0 Å². The van der Waals surface area contributed by atoms with Crippen molar-refractivity contribution in [2.75, 3.05) is 34.4 Å². The van der Waals surface area contributed by atoms with Crippen LogP contribution in [-0.4, -0.2) is 49.5 Å². The SMILES string of the molecule is COc1cc2c(cc1OC)CN(CCc1ccc(-c3nnc(-c4c(OC)ccc5ccccc45)o3)cc1)CC2. The maximum absolute atomic E-state index is 6.14. The molecular weight excluding hydrogens is 490 g/mol. The molecule has 0 spiro atoms. The highest BCUT2D eigenvalue weighted by molar-refractivity contribution is 5.97. The second-order valence-electron chi connectivity index (χ2n) is 9.73. The second kappa shape index (κ2) is 10.8. The zero-order valence-corrected chi connectivity index (χ0v) is 22.4. The highest BCUT2D eigenvalue weighted by Gasteiger charge is 2.20. The van der Waals surface area contributed by atoms with Crippen LogP contribution in [0.5, 0.6) is 17.2 Å². The summed E-state index contributed by atoms with van der Waals surface area (Å²) in [5, 5.41) is 10.8. The molecule has 7 heteroatoms. The first-order valence-corrected chi connectivity index (χ1v) is 13.1. The monoisotopic (exact) mass is 521 g/mol. The summed E-state index contributed by atoms with van der Waals surface area (Å²) in [5.74, 6) is 3.23. The summed E-state index contributed by atoms with van der Waals surface area (Å²) in [5.41, 5.74) is 5.62. The van der Waals surface area contributed by atoms with E-state index in [0.717, 1.165) is 65.9 Å². The molecule has 0 radical (unpaired) electrons. The Morgan fingerprint density at radius 1 is 0.769 bits per heavy atom. The molecule has 198 valence electrons. The van der Waals surface area contributed by atoms with Gasteiger partial charge in [-0.15, -0.1) is 10.2 Å². The predicted molar refractivity (Wildman–Crippen MR) is 151 cm³/mol. The first-order chi connectivity index (χ1) is 19.2. The number of rotatable bonds is 8. The Labute approximate surface area is 228 Å². The smallest absolute Gasteiger partial charge is 0.252 e. The summed E-state index contributed by atoms with van der Waals surface area (Å²) in [6, 6.07) is 24.7. The number of fused-ring (bicyclic) bond motifs is 2. The Balaban J connectivity index is 1.14. The van der Waals surface area contributed by atoms with E-state index in [1.165, 1.54) is 16.7 Å². The molecule has 0 bridgehead atoms. The molecule has 0 atom stereocenters. The van der Waals surface area contributed by atoms with Gasteiger partial charge in [0, 0.05) is 25.2 Å². The minimum absolute atomic E-state index is 0.447. The first-order valence-electron chi connectivity index (χ1n) is 13.1. The van der Waals surface area contributed by atoms with E-state index in [-0.39, 0.29) is 0 Å². The van der Waals surface area contributed by atoms with Gasteiger partial charge in [0.2, 0.25) is 5.89 Å². The van der Waals surface area contributed by atoms with Crippen LogP contribution in [-0.2, 0) is 19.4 Å². The molecule has 4 aromatic carbocycles. The van der Waals surface area contributed by atoms with E-state index in [1.54, 1.807) is 21.3 Å². The fourth-order valence-corrected chi connectivity index (χ4v) is 5.32. The van der Waals surface area contributed by atoms with E-state index in [0.29, 0.717) is 17.5 Å². The van der Waals surface area contributed by atoms with Crippen LogP contribution < -0.4 is 14.2 Å². The van der Waals surface area contributed by atoms with Gasteiger partial charge in [0.1, 0.15) is 5.75 Å². The van der Waals surface area contributed by atoms with Crippen molar-refractivity contribution >= 4 is 10.8 Å². The molecule has 5 aromatic rings. The zero-order valence-electron chi connectivity index (χ0n) is 22.4. The number of benzene rings is 4. The Morgan fingerprint density at radius 3 is 2.26 bits per heavy atom. The van der Waals surface area contributed by atoms with Gasteiger partial charge in [-0.1, -0.05) is 42.5 Å². The summed E-state index contributed by atoms with van der Waals surface area (Å²) < 4.78 is 22.7. The molecule has 7 nitrogen and oxygen atoms in total. The van der Waals surface area contributed by atoms with E-state index in [2.05, 4.69) is 57.6 Å². The van der Waals surface area contributed by atoms with E-state index >= 15 is 0 Å². The van der Waals surface area contributed by atoms with Crippen molar-refractivity contribution < 1.29 is 18.6 Å². The van der Waals surface area contributed by atoms with E-state index in [9.17, 15) is 0 Å². The van der Waals surface area contributed by atoms with Crippen molar-refractivity contribution in [2.45, 2.75) is 19.4 Å². The third kappa shape index (κ3) is 4.93. The molecule has 0 aliphatic carbocycles. The molecule has 0 amide bonds. The molecule has 1 aliphatic heterocycles. The Hall–Kier alpha value is -4.36. The topological polar surface area (TPSA) is 69.9 Å². The molecule has 2 heterocycles. The average Bonchev–Trinajstić information content (AvgIpc) is 3.48. The number of aromatic nitrogens is 2. The maximum atomic E-state index is 6.14. The number of hydrogen-bond donors (Lipinski definition) is 0. The van der Waals surface area contributed by atoms with Crippen LogP contribution in [0.2, 0.25) is 0 Å². The fourth-order valence-electron chi connectivity index (χ4n) is 5.32. The summed E-state index contributed by atoms with van der Waals surface area (Å²) in [4.78, 5) is 2.49. The van der Waals surface area contributed by atoms with Gasteiger partial charge in [-0.2, -0.15) is 0 Å². The lowest BCUT2D eigenvalue weighted by Gasteiger charge is -2.29. The summed E-state index contributed by atoms with van der Waals surface area (Å²) in [6.45, 7) is 2.93. The van der Waals surface area contributed by atoms with Crippen LogP contribution in [0.25, 0.3) is 33.7 Å². The van der Waals surface area contributed by atoms with Crippen LogP contribution in [0.15, 0.2) is 77.2 Å². The average molecular weight is 522 g/mol. The summed E-state index contributed by atoms with van der Waals surface area (Å²) in [6.07, 6.45) is 1.97. The fraction of sp³-hybridized carbons (Fsp3) is 0.250. The van der Waals surface area contributed by atoms with Gasteiger partial charge < -0.3 is 18.6 Å². The molecule has 0 saturated heterocycles.